The number of carbonyl (C=O) groups is 1. The number of halogens is 3. The number of ketones is 1. The molecule has 3 fully saturated rings. The molecule has 1 N–H and O–H groups in total. The summed E-state index contributed by atoms with van der Waals surface area (Å²) in [6, 6.07) is 2.11. The highest BCUT2D eigenvalue weighted by molar-refractivity contribution is 5.85. The summed E-state index contributed by atoms with van der Waals surface area (Å²) in [6.07, 6.45) is 0.962. The number of fused-ring (bicyclic) bond motifs is 5. The molecule has 6 heteroatoms. The summed E-state index contributed by atoms with van der Waals surface area (Å²) in [7, 11) is 0. The first kappa shape index (κ1) is 19.7. The lowest BCUT2D eigenvalue weighted by atomic mass is 9.46. The minimum Gasteiger partial charge on any atom is -0.377 e. The Hall–Kier alpha value is -1.61. The van der Waals surface area contributed by atoms with Crippen LogP contribution in [0, 0.1) is 39.9 Å². The number of aliphatic hydroxyl groups is 1. The normalized spacial score (nSPS) is 47.0. The van der Waals surface area contributed by atoms with Gasteiger partial charge in [-0.1, -0.05) is 25.0 Å². The van der Waals surface area contributed by atoms with E-state index in [9.17, 15) is 23.1 Å². The fourth-order valence-corrected chi connectivity index (χ4v) is 6.93. The Balaban J connectivity index is 1.73. The second-order valence-electron chi connectivity index (χ2n) is 9.69. The van der Waals surface area contributed by atoms with Crippen LogP contribution in [-0.4, -0.2) is 22.7 Å². The third kappa shape index (κ3) is 2.48. The first-order valence-electron chi connectivity index (χ1n) is 10.1. The third-order valence-corrected chi connectivity index (χ3v) is 8.45. The van der Waals surface area contributed by atoms with Gasteiger partial charge in [0.25, 0.3) is 0 Å². The molecule has 0 aromatic heterocycles. The number of Topliss-reactive ketones (excluding diaryl/α,β-unsaturated/α-hetero) is 1. The van der Waals surface area contributed by atoms with Gasteiger partial charge in [0.1, 0.15) is 5.78 Å². The molecule has 0 aromatic carbocycles. The molecule has 6 atom stereocenters. The van der Waals surface area contributed by atoms with Gasteiger partial charge in [0.2, 0.25) is 0 Å². The van der Waals surface area contributed by atoms with E-state index in [4.69, 9.17) is 5.26 Å². The summed E-state index contributed by atoms with van der Waals surface area (Å²) in [6.45, 7) is 4.01. The highest BCUT2D eigenvalue weighted by Gasteiger charge is 2.63. The van der Waals surface area contributed by atoms with Gasteiger partial charge >= 0.3 is 6.18 Å². The van der Waals surface area contributed by atoms with Crippen LogP contribution in [0.5, 0.6) is 0 Å². The van der Waals surface area contributed by atoms with Gasteiger partial charge in [-0.3, -0.25) is 4.79 Å². The Morgan fingerprint density at radius 3 is 2.57 bits per heavy atom. The van der Waals surface area contributed by atoms with E-state index >= 15 is 0 Å². The second-order valence-corrected chi connectivity index (χ2v) is 9.69. The second kappa shape index (κ2) is 5.95. The summed E-state index contributed by atoms with van der Waals surface area (Å²) in [4.78, 5) is 13.3. The maximum Gasteiger partial charge on any atom is 0.420 e. The Labute approximate surface area is 163 Å². The quantitative estimate of drug-likeness (QED) is 0.472. The van der Waals surface area contributed by atoms with Gasteiger partial charge in [-0.05, 0) is 67.3 Å². The van der Waals surface area contributed by atoms with Crippen molar-refractivity contribution in [3.63, 3.8) is 0 Å². The predicted octanol–water partition coefficient (Wildman–Crippen LogP) is 4.87. The summed E-state index contributed by atoms with van der Waals surface area (Å²) >= 11 is 0. The van der Waals surface area contributed by atoms with Gasteiger partial charge in [0, 0.05) is 18.4 Å². The molecule has 4 aliphatic carbocycles. The smallest absolute Gasteiger partial charge is 0.377 e. The van der Waals surface area contributed by atoms with Gasteiger partial charge in [-0.15, -0.1) is 0 Å². The van der Waals surface area contributed by atoms with Crippen molar-refractivity contribution in [2.24, 2.45) is 28.6 Å². The van der Waals surface area contributed by atoms with Crippen molar-refractivity contribution >= 4 is 5.78 Å². The van der Waals surface area contributed by atoms with Gasteiger partial charge in [0.05, 0.1) is 6.07 Å². The molecule has 4 aliphatic rings. The fraction of sp³-hybridized carbons (Fsp3) is 0.727. The standard InChI is InChI=1S/C22H26F3NO2/c1-19-8-9-21(28,22(23,24)25)11-14(19)3-5-15-16-6-4-13(7-10-26)20(16,2)12-17(27)18(15)19/h7,11,15-16,18,28H,3-6,8-9,12H2,1-2H3/b13-7-/t15-,16-,18+,19-,20+,21+/m0/s1. The van der Waals surface area contributed by atoms with Crippen LogP contribution < -0.4 is 0 Å². The summed E-state index contributed by atoms with van der Waals surface area (Å²) in [5.41, 5.74) is -2.04. The lowest BCUT2D eigenvalue weighted by Crippen LogP contribution is -2.56. The highest BCUT2D eigenvalue weighted by atomic mass is 19.4. The van der Waals surface area contributed by atoms with Crippen molar-refractivity contribution in [1.29, 1.82) is 5.26 Å². The van der Waals surface area contributed by atoms with E-state index in [-0.39, 0.29) is 35.4 Å². The molecule has 3 saturated carbocycles. The zero-order valence-corrected chi connectivity index (χ0v) is 16.3. The van der Waals surface area contributed by atoms with E-state index in [0.29, 0.717) is 24.8 Å². The van der Waals surface area contributed by atoms with Crippen molar-refractivity contribution < 1.29 is 23.1 Å². The van der Waals surface area contributed by atoms with Crippen LogP contribution in [0.2, 0.25) is 0 Å². The summed E-state index contributed by atoms with van der Waals surface area (Å²) < 4.78 is 40.1. The molecule has 0 spiro atoms. The third-order valence-electron chi connectivity index (χ3n) is 8.45. The number of allylic oxidation sites excluding steroid dienone is 3. The monoisotopic (exact) mass is 393 g/mol. The molecule has 0 aliphatic heterocycles. The van der Waals surface area contributed by atoms with E-state index in [1.807, 2.05) is 6.92 Å². The van der Waals surface area contributed by atoms with Crippen LogP contribution in [-0.2, 0) is 4.79 Å². The maximum absolute atomic E-state index is 13.4. The minimum atomic E-state index is -4.70. The number of hydrogen-bond acceptors (Lipinski definition) is 3. The van der Waals surface area contributed by atoms with Crippen molar-refractivity contribution in [1.82, 2.24) is 0 Å². The molecule has 0 aromatic rings. The minimum absolute atomic E-state index is 0.111. The van der Waals surface area contributed by atoms with E-state index in [1.165, 1.54) is 0 Å². The van der Waals surface area contributed by atoms with Crippen LogP contribution in [0.15, 0.2) is 23.3 Å². The summed E-state index contributed by atoms with van der Waals surface area (Å²) in [5, 5.41) is 19.3. The Kier molecular flexibility index (Phi) is 4.18. The van der Waals surface area contributed by atoms with E-state index in [2.05, 4.69) is 13.0 Å². The van der Waals surface area contributed by atoms with Crippen molar-refractivity contribution in [2.45, 2.75) is 70.6 Å². The average molecular weight is 393 g/mol. The number of alkyl halides is 3. The molecule has 0 heterocycles. The predicted molar refractivity (Wildman–Crippen MR) is 96.8 cm³/mol. The van der Waals surface area contributed by atoms with E-state index < -0.39 is 23.6 Å². The molecular formula is C22H26F3NO2. The van der Waals surface area contributed by atoms with Crippen LogP contribution >= 0.6 is 0 Å². The Morgan fingerprint density at radius 1 is 1.21 bits per heavy atom. The molecule has 0 saturated heterocycles. The largest absolute Gasteiger partial charge is 0.420 e. The van der Waals surface area contributed by atoms with Gasteiger partial charge < -0.3 is 5.11 Å². The van der Waals surface area contributed by atoms with E-state index in [0.717, 1.165) is 24.5 Å². The van der Waals surface area contributed by atoms with Crippen LogP contribution in [0.4, 0.5) is 13.2 Å². The topological polar surface area (TPSA) is 61.1 Å². The molecule has 3 nitrogen and oxygen atoms in total. The number of nitrogens with zero attached hydrogens (tertiary/aromatic N) is 1. The lowest BCUT2D eigenvalue weighted by molar-refractivity contribution is -0.247. The molecule has 0 amide bonds. The number of carbonyl (C=O) groups excluding carboxylic acids is 1. The van der Waals surface area contributed by atoms with Crippen molar-refractivity contribution in [3.8, 4) is 6.07 Å². The van der Waals surface area contributed by atoms with E-state index in [1.54, 1.807) is 6.08 Å². The zero-order valence-electron chi connectivity index (χ0n) is 16.3. The molecule has 28 heavy (non-hydrogen) atoms. The average Bonchev–Trinajstić information content (AvgIpc) is 2.91. The molecule has 0 bridgehead atoms. The van der Waals surface area contributed by atoms with Crippen LogP contribution in [0.25, 0.3) is 0 Å². The van der Waals surface area contributed by atoms with Crippen LogP contribution in [0.3, 0.4) is 0 Å². The zero-order chi connectivity index (χ0) is 20.5. The first-order chi connectivity index (χ1) is 13.0. The lowest BCUT2D eigenvalue weighted by Gasteiger charge is -2.57. The van der Waals surface area contributed by atoms with Crippen LogP contribution in [0.1, 0.15) is 58.8 Å². The van der Waals surface area contributed by atoms with Crippen molar-refractivity contribution in [2.75, 3.05) is 0 Å². The maximum atomic E-state index is 13.4. The first-order valence-corrected chi connectivity index (χ1v) is 10.1. The van der Waals surface area contributed by atoms with Gasteiger partial charge in [0.15, 0.2) is 5.60 Å². The van der Waals surface area contributed by atoms with Gasteiger partial charge in [-0.25, -0.2) is 0 Å². The van der Waals surface area contributed by atoms with Gasteiger partial charge in [-0.2, -0.15) is 18.4 Å². The SMILES string of the molecule is C[C@]12CC[C@](O)(C(F)(F)F)C=C1CC[C@@H]1[C@@H]2C(=O)C[C@]2(C)/C(=C\C#N)CC[C@@H]12. The number of hydrogen-bond donors (Lipinski definition) is 1. The summed E-state index contributed by atoms with van der Waals surface area (Å²) in [5.74, 6) is 0.247. The fourth-order valence-electron chi connectivity index (χ4n) is 6.93. The molecule has 4 rings (SSSR count). The molecular weight excluding hydrogens is 367 g/mol. The Morgan fingerprint density at radius 2 is 1.93 bits per heavy atom. The highest BCUT2D eigenvalue weighted by Crippen LogP contribution is 2.66. The molecule has 152 valence electrons. The molecule has 0 radical (unpaired) electrons. The van der Waals surface area contributed by atoms with Crippen molar-refractivity contribution in [3.05, 3.63) is 23.3 Å². The Bertz CT molecular complexity index is 823. The number of nitriles is 1. The number of rotatable bonds is 0. The molecule has 0 unspecified atom stereocenters.